The van der Waals surface area contributed by atoms with Crippen molar-refractivity contribution in [2.75, 3.05) is 25.0 Å². The van der Waals surface area contributed by atoms with Gasteiger partial charge in [-0.1, -0.05) is 32.8 Å². The Labute approximate surface area is 215 Å². The largest absolute Gasteiger partial charge is 0.492 e. The summed E-state index contributed by atoms with van der Waals surface area (Å²) >= 11 is 8.80. The van der Waals surface area contributed by atoms with Crippen LogP contribution in [0.1, 0.15) is 66.7 Å². The molecule has 0 unspecified atom stereocenters. The topological polar surface area (TPSA) is 70.7 Å². The number of rotatable bonds is 7. The lowest BCUT2D eigenvalue weighted by molar-refractivity contribution is 0.0761. The first kappa shape index (κ1) is 26.2. The molecule has 182 valence electrons. The fourth-order valence-corrected chi connectivity index (χ4v) is 4.39. The summed E-state index contributed by atoms with van der Waals surface area (Å²) in [4.78, 5) is 27.5. The van der Waals surface area contributed by atoms with Crippen molar-refractivity contribution in [1.29, 1.82) is 0 Å². The van der Waals surface area contributed by atoms with Gasteiger partial charge in [-0.05, 0) is 89.7 Å². The minimum absolute atomic E-state index is 0.0288. The third kappa shape index (κ3) is 7.81. The average molecular weight is 547 g/mol. The number of carbonyl (C=O) groups excluding carboxylic acids is 2. The van der Waals surface area contributed by atoms with E-state index in [4.69, 9.17) is 17.0 Å². The molecule has 1 heterocycles. The summed E-state index contributed by atoms with van der Waals surface area (Å²) in [5, 5.41) is 5.87. The second-order valence-electron chi connectivity index (χ2n) is 8.87. The number of hydrogen-bond acceptors (Lipinski definition) is 4. The molecule has 1 saturated heterocycles. The van der Waals surface area contributed by atoms with Gasteiger partial charge in [0.05, 0.1) is 11.1 Å². The van der Waals surface area contributed by atoms with Crippen LogP contribution < -0.4 is 15.4 Å². The summed E-state index contributed by atoms with van der Waals surface area (Å²) in [5.41, 5.74) is 1.72. The van der Waals surface area contributed by atoms with Crippen LogP contribution in [0.4, 0.5) is 5.69 Å². The Morgan fingerprint density at radius 2 is 1.79 bits per heavy atom. The lowest BCUT2D eigenvalue weighted by Crippen LogP contribution is -2.34. The van der Waals surface area contributed by atoms with Crippen molar-refractivity contribution in [1.82, 2.24) is 10.2 Å². The predicted octanol–water partition coefficient (Wildman–Crippen LogP) is 6.02. The quantitative estimate of drug-likeness (QED) is 0.416. The Morgan fingerprint density at radius 3 is 2.47 bits per heavy atom. The summed E-state index contributed by atoms with van der Waals surface area (Å²) in [5.74, 6) is 0.957. The monoisotopic (exact) mass is 545 g/mol. The highest BCUT2D eigenvalue weighted by molar-refractivity contribution is 9.10. The van der Waals surface area contributed by atoms with Crippen molar-refractivity contribution in [3.05, 3.63) is 58.1 Å². The van der Waals surface area contributed by atoms with Gasteiger partial charge in [0, 0.05) is 29.9 Å². The molecule has 0 aromatic heterocycles. The number of anilines is 1. The number of nitrogens with one attached hydrogen (secondary N) is 2. The molecule has 8 heteroatoms. The standard InChI is InChI=1S/C26H32BrN3O3S/c1-18(2)12-15-33-23-11-10-19(17-22(23)27)24(31)29-26(34)28-21-9-7-8-20(16-21)25(32)30-13-5-3-4-6-14-30/h7-11,16-18H,3-6,12-15H2,1-2H3,(H2,28,29,31,34). The SMILES string of the molecule is CC(C)CCOc1ccc(C(=O)NC(=S)Nc2cccc(C(=O)N3CCCCCC3)c2)cc1Br. The molecule has 0 saturated carbocycles. The van der Waals surface area contributed by atoms with Crippen LogP contribution in [0, 0.1) is 5.92 Å². The molecule has 1 fully saturated rings. The number of nitrogens with zero attached hydrogens (tertiary/aromatic N) is 1. The van der Waals surface area contributed by atoms with Crippen LogP contribution in [0.25, 0.3) is 0 Å². The van der Waals surface area contributed by atoms with Gasteiger partial charge in [-0.3, -0.25) is 14.9 Å². The van der Waals surface area contributed by atoms with Crippen molar-refractivity contribution in [3.8, 4) is 5.75 Å². The molecular formula is C26H32BrN3O3S. The van der Waals surface area contributed by atoms with E-state index in [1.165, 1.54) is 12.8 Å². The van der Waals surface area contributed by atoms with E-state index in [1.807, 2.05) is 23.1 Å². The zero-order valence-corrected chi connectivity index (χ0v) is 22.1. The predicted molar refractivity (Wildman–Crippen MR) is 144 cm³/mol. The first-order chi connectivity index (χ1) is 16.3. The summed E-state index contributed by atoms with van der Waals surface area (Å²) in [6, 6.07) is 12.4. The maximum absolute atomic E-state index is 12.9. The Morgan fingerprint density at radius 1 is 1.06 bits per heavy atom. The van der Waals surface area contributed by atoms with Crippen molar-refractivity contribution >= 4 is 50.8 Å². The van der Waals surface area contributed by atoms with Gasteiger partial charge >= 0.3 is 0 Å². The zero-order valence-electron chi connectivity index (χ0n) is 19.7. The molecular weight excluding hydrogens is 514 g/mol. The van der Waals surface area contributed by atoms with Gasteiger partial charge in [-0.25, -0.2) is 0 Å². The van der Waals surface area contributed by atoms with Gasteiger partial charge in [0.2, 0.25) is 0 Å². The van der Waals surface area contributed by atoms with Crippen LogP contribution in [0.15, 0.2) is 46.9 Å². The highest BCUT2D eigenvalue weighted by atomic mass is 79.9. The van der Waals surface area contributed by atoms with E-state index in [2.05, 4.69) is 40.4 Å². The van der Waals surface area contributed by atoms with E-state index < -0.39 is 0 Å². The summed E-state index contributed by atoms with van der Waals surface area (Å²) in [6.45, 7) is 6.50. The molecule has 2 aromatic rings. The van der Waals surface area contributed by atoms with Gasteiger partial charge in [-0.15, -0.1) is 0 Å². The Kier molecular flexibility index (Phi) is 9.89. The van der Waals surface area contributed by atoms with Crippen LogP contribution in [0.3, 0.4) is 0 Å². The van der Waals surface area contributed by atoms with Crippen LogP contribution in [-0.2, 0) is 0 Å². The fourth-order valence-electron chi connectivity index (χ4n) is 3.69. The molecule has 1 aliphatic rings. The number of amides is 2. The Balaban J connectivity index is 1.57. The number of ether oxygens (including phenoxy) is 1. The number of carbonyl (C=O) groups is 2. The molecule has 2 aromatic carbocycles. The third-order valence-corrected chi connectivity index (χ3v) is 6.46. The van der Waals surface area contributed by atoms with E-state index >= 15 is 0 Å². The molecule has 3 rings (SSSR count). The van der Waals surface area contributed by atoms with Crippen LogP contribution >= 0.6 is 28.1 Å². The van der Waals surface area contributed by atoms with Gasteiger partial charge < -0.3 is 15.0 Å². The summed E-state index contributed by atoms with van der Waals surface area (Å²) in [6.07, 6.45) is 5.38. The molecule has 0 radical (unpaired) electrons. The lowest BCUT2D eigenvalue weighted by Gasteiger charge is -2.20. The molecule has 2 N–H and O–H groups in total. The molecule has 0 aliphatic carbocycles. The normalized spacial score (nSPS) is 13.8. The van der Waals surface area contributed by atoms with E-state index in [9.17, 15) is 9.59 Å². The van der Waals surface area contributed by atoms with Crippen LogP contribution in [0.2, 0.25) is 0 Å². The zero-order chi connectivity index (χ0) is 24.5. The molecule has 6 nitrogen and oxygen atoms in total. The first-order valence-electron chi connectivity index (χ1n) is 11.8. The number of benzene rings is 2. The van der Waals surface area contributed by atoms with E-state index in [0.717, 1.165) is 32.4 Å². The lowest BCUT2D eigenvalue weighted by atomic mass is 10.1. The number of halogens is 1. The molecule has 34 heavy (non-hydrogen) atoms. The van der Waals surface area contributed by atoms with E-state index in [0.29, 0.717) is 39.6 Å². The number of likely N-dealkylation sites (tertiary alicyclic amines) is 1. The van der Waals surface area contributed by atoms with Crippen LogP contribution in [-0.4, -0.2) is 41.5 Å². The maximum atomic E-state index is 12.9. The average Bonchev–Trinajstić information content (AvgIpc) is 3.09. The molecule has 0 atom stereocenters. The van der Waals surface area contributed by atoms with Crippen molar-refractivity contribution < 1.29 is 14.3 Å². The number of hydrogen-bond donors (Lipinski definition) is 2. The highest BCUT2D eigenvalue weighted by Gasteiger charge is 2.18. The van der Waals surface area contributed by atoms with Crippen molar-refractivity contribution in [2.45, 2.75) is 46.0 Å². The number of thiocarbonyl (C=S) groups is 1. The third-order valence-electron chi connectivity index (χ3n) is 5.63. The van der Waals surface area contributed by atoms with Gasteiger partial charge in [-0.2, -0.15) is 0 Å². The Hall–Kier alpha value is -2.45. The van der Waals surface area contributed by atoms with Gasteiger partial charge in [0.1, 0.15) is 5.75 Å². The molecule has 0 bridgehead atoms. The second-order valence-corrected chi connectivity index (χ2v) is 10.1. The van der Waals surface area contributed by atoms with Crippen LogP contribution in [0.5, 0.6) is 5.75 Å². The molecule has 1 aliphatic heterocycles. The second kappa shape index (κ2) is 12.9. The Bertz CT molecular complexity index is 1020. The fraction of sp³-hybridized carbons (Fsp3) is 0.423. The van der Waals surface area contributed by atoms with E-state index in [1.54, 1.807) is 24.3 Å². The molecule has 0 spiro atoms. The minimum Gasteiger partial charge on any atom is -0.492 e. The smallest absolute Gasteiger partial charge is 0.257 e. The van der Waals surface area contributed by atoms with E-state index in [-0.39, 0.29) is 16.9 Å². The van der Waals surface area contributed by atoms with Gasteiger partial charge in [0.15, 0.2) is 5.11 Å². The van der Waals surface area contributed by atoms with Crippen molar-refractivity contribution in [2.24, 2.45) is 5.92 Å². The summed E-state index contributed by atoms with van der Waals surface area (Å²) < 4.78 is 6.49. The first-order valence-corrected chi connectivity index (χ1v) is 13.0. The minimum atomic E-state index is -0.330. The van der Waals surface area contributed by atoms with Crippen molar-refractivity contribution in [3.63, 3.8) is 0 Å². The maximum Gasteiger partial charge on any atom is 0.257 e. The van der Waals surface area contributed by atoms with Gasteiger partial charge in [0.25, 0.3) is 11.8 Å². The molecule has 2 amide bonds. The summed E-state index contributed by atoms with van der Waals surface area (Å²) in [7, 11) is 0. The highest BCUT2D eigenvalue weighted by Crippen LogP contribution is 2.26.